The molecule has 0 aliphatic carbocycles. The number of ether oxygens (including phenoxy) is 3. The molecule has 3 heteroatoms. The van der Waals surface area contributed by atoms with Crippen LogP contribution in [0.1, 0.15) is 26.3 Å². The molecule has 3 nitrogen and oxygen atoms in total. The van der Waals surface area contributed by atoms with E-state index in [4.69, 9.17) is 14.2 Å². The first kappa shape index (κ1) is 12.7. The number of benzene rings is 1. The van der Waals surface area contributed by atoms with Crippen molar-refractivity contribution in [3.05, 3.63) is 17.7 Å². The lowest BCUT2D eigenvalue weighted by Gasteiger charge is -2.14. The fourth-order valence-electron chi connectivity index (χ4n) is 1.50. The summed E-state index contributed by atoms with van der Waals surface area (Å²) in [6, 6.07) is 3.82. The van der Waals surface area contributed by atoms with Crippen LogP contribution in [0, 0.1) is 6.92 Å². The van der Waals surface area contributed by atoms with Crippen molar-refractivity contribution in [3.8, 4) is 17.2 Å². The van der Waals surface area contributed by atoms with Gasteiger partial charge in [0, 0.05) is 17.7 Å². The molecule has 0 fully saturated rings. The average Bonchev–Trinajstić information content (AvgIpc) is 2.26. The molecular weight excluding hydrogens is 204 g/mol. The van der Waals surface area contributed by atoms with E-state index in [2.05, 4.69) is 0 Å². The normalized spacial score (nSPS) is 10.0. The van der Waals surface area contributed by atoms with E-state index < -0.39 is 0 Å². The Balaban J connectivity index is 3.05. The molecule has 0 aliphatic rings. The first-order valence-electron chi connectivity index (χ1n) is 5.75. The summed E-state index contributed by atoms with van der Waals surface area (Å²) in [5.74, 6) is 2.45. The van der Waals surface area contributed by atoms with Gasteiger partial charge in [0.1, 0.15) is 17.2 Å². The molecule has 0 atom stereocenters. The lowest BCUT2D eigenvalue weighted by atomic mass is 10.2. The zero-order chi connectivity index (χ0) is 12.0. The molecule has 0 heterocycles. The highest BCUT2D eigenvalue weighted by atomic mass is 16.5. The van der Waals surface area contributed by atoms with Crippen molar-refractivity contribution >= 4 is 0 Å². The summed E-state index contributed by atoms with van der Waals surface area (Å²) in [6.07, 6.45) is 0. The first-order valence-corrected chi connectivity index (χ1v) is 5.75. The lowest BCUT2D eigenvalue weighted by molar-refractivity contribution is 0.304. The molecule has 0 unspecified atom stereocenters. The van der Waals surface area contributed by atoms with Gasteiger partial charge in [0.2, 0.25) is 0 Å². The van der Waals surface area contributed by atoms with Crippen LogP contribution in [-0.2, 0) is 0 Å². The SMILES string of the molecule is CCOc1cc(OCC)c(C)c(OCC)c1. The summed E-state index contributed by atoms with van der Waals surface area (Å²) in [6.45, 7) is 9.80. The van der Waals surface area contributed by atoms with Crippen LogP contribution in [0.3, 0.4) is 0 Å². The Labute approximate surface area is 97.3 Å². The molecule has 0 bridgehead atoms. The summed E-state index contributed by atoms with van der Waals surface area (Å²) in [5, 5.41) is 0. The predicted molar refractivity (Wildman–Crippen MR) is 64.7 cm³/mol. The van der Waals surface area contributed by atoms with Gasteiger partial charge in [-0.25, -0.2) is 0 Å². The molecule has 0 N–H and O–H groups in total. The maximum Gasteiger partial charge on any atom is 0.129 e. The zero-order valence-electron chi connectivity index (χ0n) is 10.5. The van der Waals surface area contributed by atoms with Crippen LogP contribution in [-0.4, -0.2) is 19.8 Å². The third kappa shape index (κ3) is 3.05. The highest BCUT2D eigenvalue weighted by molar-refractivity contribution is 5.49. The molecule has 1 aromatic rings. The third-order valence-electron chi connectivity index (χ3n) is 2.20. The van der Waals surface area contributed by atoms with E-state index in [0.29, 0.717) is 19.8 Å². The molecule has 16 heavy (non-hydrogen) atoms. The lowest BCUT2D eigenvalue weighted by Crippen LogP contribution is -2.01. The van der Waals surface area contributed by atoms with E-state index in [0.717, 1.165) is 22.8 Å². The number of hydrogen-bond acceptors (Lipinski definition) is 3. The number of hydrogen-bond donors (Lipinski definition) is 0. The van der Waals surface area contributed by atoms with Crippen LogP contribution in [0.25, 0.3) is 0 Å². The molecule has 0 aromatic heterocycles. The van der Waals surface area contributed by atoms with E-state index in [1.165, 1.54) is 0 Å². The molecule has 0 radical (unpaired) electrons. The van der Waals surface area contributed by atoms with Crippen LogP contribution < -0.4 is 14.2 Å². The number of rotatable bonds is 6. The molecule has 0 amide bonds. The second kappa shape index (κ2) is 6.26. The van der Waals surface area contributed by atoms with Crippen LogP contribution in [0.2, 0.25) is 0 Å². The standard InChI is InChI=1S/C13H20O3/c1-5-14-11-8-12(15-6-2)10(4)13(9-11)16-7-3/h8-9H,5-7H2,1-4H3. The molecule has 0 saturated heterocycles. The Bertz CT molecular complexity index is 307. The zero-order valence-corrected chi connectivity index (χ0v) is 10.5. The van der Waals surface area contributed by atoms with E-state index >= 15 is 0 Å². The van der Waals surface area contributed by atoms with Crippen molar-refractivity contribution in [2.24, 2.45) is 0 Å². The molecule has 90 valence electrons. The molecular formula is C13H20O3. The summed E-state index contributed by atoms with van der Waals surface area (Å²) in [7, 11) is 0. The van der Waals surface area contributed by atoms with Gasteiger partial charge in [-0.2, -0.15) is 0 Å². The van der Waals surface area contributed by atoms with Gasteiger partial charge in [0.25, 0.3) is 0 Å². The van der Waals surface area contributed by atoms with Gasteiger partial charge in [-0.3, -0.25) is 0 Å². The fourth-order valence-corrected chi connectivity index (χ4v) is 1.50. The topological polar surface area (TPSA) is 27.7 Å². The molecule has 0 aliphatic heterocycles. The van der Waals surface area contributed by atoms with E-state index in [9.17, 15) is 0 Å². The van der Waals surface area contributed by atoms with Crippen LogP contribution in [0.4, 0.5) is 0 Å². The molecule has 1 aromatic carbocycles. The van der Waals surface area contributed by atoms with Crippen molar-refractivity contribution in [1.82, 2.24) is 0 Å². The summed E-state index contributed by atoms with van der Waals surface area (Å²) in [5.41, 5.74) is 1.02. The maximum absolute atomic E-state index is 5.55. The highest BCUT2D eigenvalue weighted by Gasteiger charge is 2.09. The van der Waals surface area contributed by atoms with Crippen molar-refractivity contribution in [2.75, 3.05) is 19.8 Å². The van der Waals surface area contributed by atoms with Gasteiger partial charge < -0.3 is 14.2 Å². The molecule has 1 rings (SSSR count). The quantitative estimate of drug-likeness (QED) is 0.742. The van der Waals surface area contributed by atoms with Crippen molar-refractivity contribution in [3.63, 3.8) is 0 Å². The summed E-state index contributed by atoms with van der Waals surface area (Å²) in [4.78, 5) is 0. The fraction of sp³-hybridized carbons (Fsp3) is 0.538. The van der Waals surface area contributed by atoms with Crippen LogP contribution in [0.5, 0.6) is 17.2 Å². The molecule has 0 saturated carbocycles. The smallest absolute Gasteiger partial charge is 0.129 e. The minimum atomic E-state index is 0.639. The largest absolute Gasteiger partial charge is 0.494 e. The van der Waals surface area contributed by atoms with E-state index in [-0.39, 0.29) is 0 Å². The van der Waals surface area contributed by atoms with Crippen LogP contribution >= 0.6 is 0 Å². The van der Waals surface area contributed by atoms with Gasteiger partial charge >= 0.3 is 0 Å². The third-order valence-corrected chi connectivity index (χ3v) is 2.20. The summed E-state index contributed by atoms with van der Waals surface area (Å²) >= 11 is 0. The first-order chi connectivity index (χ1) is 7.72. The van der Waals surface area contributed by atoms with Crippen molar-refractivity contribution in [1.29, 1.82) is 0 Å². The van der Waals surface area contributed by atoms with E-state index in [1.807, 2.05) is 39.8 Å². The average molecular weight is 224 g/mol. The maximum atomic E-state index is 5.55. The monoisotopic (exact) mass is 224 g/mol. The highest BCUT2D eigenvalue weighted by Crippen LogP contribution is 2.33. The van der Waals surface area contributed by atoms with Gasteiger partial charge in [0.05, 0.1) is 19.8 Å². The molecule has 0 spiro atoms. The Kier molecular flexibility index (Phi) is 4.96. The second-order valence-corrected chi connectivity index (χ2v) is 3.34. The summed E-state index contributed by atoms with van der Waals surface area (Å²) < 4.78 is 16.6. The minimum absolute atomic E-state index is 0.639. The van der Waals surface area contributed by atoms with Gasteiger partial charge in [-0.1, -0.05) is 0 Å². The van der Waals surface area contributed by atoms with Crippen molar-refractivity contribution < 1.29 is 14.2 Å². The van der Waals surface area contributed by atoms with Gasteiger partial charge in [-0.15, -0.1) is 0 Å². The Morgan fingerprint density at radius 3 is 1.62 bits per heavy atom. The Morgan fingerprint density at radius 2 is 1.25 bits per heavy atom. The van der Waals surface area contributed by atoms with Gasteiger partial charge in [0.15, 0.2) is 0 Å². The Hall–Kier alpha value is -1.38. The predicted octanol–water partition coefficient (Wildman–Crippen LogP) is 3.19. The van der Waals surface area contributed by atoms with E-state index in [1.54, 1.807) is 0 Å². The second-order valence-electron chi connectivity index (χ2n) is 3.34. The van der Waals surface area contributed by atoms with Crippen molar-refractivity contribution in [2.45, 2.75) is 27.7 Å². The van der Waals surface area contributed by atoms with Gasteiger partial charge in [-0.05, 0) is 27.7 Å². The minimum Gasteiger partial charge on any atom is -0.494 e. The Morgan fingerprint density at radius 1 is 0.812 bits per heavy atom. The van der Waals surface area contributed by atoms with Crippen LogP contribution in [0.15, 0.2) is 12.1 Å².